The first-order valence-corrected chi connectivity index (χ1v) is 14.0. The Labute approximate surface area is 244 Å². The smallest absolute Gasteiger partial charge is 0.338 e. The number of carboxylic acids is 1. The van der Waals surface area contributed by atoms with E-state index >= 15 is 4.39 Å². The lowest BCUT2D eigenvalue weighted by molar-refractivity contribution is -0.124. The number of benzene rings is 3. The summed E-state index contributed by atoms with van der Waals surface area (Å²) >= 11 is 12.5. The zero-order valence-corrected chi connectivity index (χ0v) is 23.1. The largest absolute Gasteiger partial charge is 0.478 e. The van der Waals surface area contributed by atoms with Gasteiger partial charge in [0.25, 0.3) is 0 Å². The highest BCUT2D eigenvalue weighted by atomic mass is 35.5. The molecular weight excluding hydrogens is 575 g/mol. The van der Waals surface area contributed by atoms with Crippen molar-refractivity contribution in [3.05, 3.63) is 93.0 Å². The summed E-state index contributed by atoms with van der Waals surface area (Å²) in [5.41, 5.74) is -1.65. The highest BCUT2D eigenvalue weighted by molar-refractivity contribution is 6.31. The Hall–Kier alpha value is -3.53. The Morgan fingerprint density at radius 3 is 2.46 bits per heavy atom. The van der Waals surface area contributed by atoms with Gasteiger partial charge in [-0.1, -0.05) is 60.7 Å². The first-order valence-electron chi connectivity index (χ1n) is 13.3. The van der Waals surface area contributed by atoms with Crippen LogP contribution in [0, 0.1) is 11.6 Å². The van der Waals surface area contributed by atoms with E-state index in [1.165, 1.54) is 18.2 Å². The summed E-state index contributed by atoms with van der Waals surface area (Å²) in [5, 5.41) is 18.5. The second-order valence-corrected chi connectivity index (χ2v) is 11.7. The van der Waals surface area contributed by atoms with Crippen LogP contribution in [0.5, 0.6) is 0 Å². The van der Waals surface area contributed by atoms with Crippen LogP contribution in [-0.2, 0) is 15.0 Å². The second-order valence-electron chi connectivity index (χ2n) is 10.8. The van der Waals surface area contributed by atoms with Crippen molar-refractivity contribution in [2.75, 3.05) is 10.6 Å². The number of rotatable bonds is 4. The summed E-state index contributed by atoms with van der Waals surface area (Å²) in [7, 11) is 0. The number of hydrogen-bond donors (Lipinski definition) is 4. The van der Waals surface area contributed by atoms with Gasteiger partial charge in [0, 0.05) is 27.9 Å². The molecule has 3 aromatic rings. The van der Waals surface area contributed by atoms with Crippen LogP contribution in [0.25, 0.3) is 0 Å². The van der Waals surface area contributed by atoms with Crippen LogP contribution in [0.3, 0.4) is 0 Å². The summed E-state index contributed by atoms with van der Waals surface area (Å²) in [6.07, 6.45) is 3.61. The average Bonchev–Trinajstić information content (AvgIpc) is 3.38. The van der Waals surface area contributed by atoms with Gasteiger partial charge in [0.1, 0.15) is 17.0 Å². The lowest BCUT2D eigenvalue weighted by Gasteiger charge is -2.47. The summed E-state index contributed by atoms with van der Waals surface area (Å²) in [5.74, 6) is -5.26. The highest BCUT2D eigenvalue weighted by Gasteiger charge is 2.72. The number of halogens is 4. The molecule has 1 saturated heterocycles. The molecule has 2 aliphatic heterocycles. The normalized spacial score (nSPS) is 24.3. The van der Waals surface area contributed by atoms with Crippen LogP contribution in [0.1, 0.15) is 59.5 Å². The Kier molecular flexibility index (Phi) is 6.79. The van der Waals surface area contributed by atoms with Crippen LogP contribution >= 0.6 is 23.2 Å². The van der Waals surface area contributed by atoms with E-state index in [4.69, 9.17) is 23.2 Å². The van der Waals surface area contributed by atoms with E-state index in [9.17, 15) is 23.9 Å². The number of nitrogens with one attached hydrogen (secondary N) is 3. The molecule has 11 heteroatoms. The van der Waals surface area contributed by atoms with Gasteiger partial charge in [0.05, 0.1) is 16.6 Å². The molecule has 2 spiro atoms. The molecular formula is C30H25Cl2F2N3O4. The molecule has 41 heavy (non-hydrogen) atoms. The minimum Gasteiger partial charge on any atom is -0.478 e. The van der Waals surface area contributed by atoms with Crippen molar-refractivity contribution in [1.29, 1.82) is 0 Å². The predicted octanol–water partition coefficient (Wildman–Crippen LogP) is 6.26. The van der Waals surface area contributed by atoms with Gasteiger partial charge in [-0.05, 0) is 60.4 Å². The summed E-state index contributed by atoms with van der Waals surface area (Å²) in [4.78, 5) is 39.6. The predicted molar refractivity (Wildman–Crippen MR) is 151 cm³/mol. The van der Waals surface area contributed by atoms with Crippen molar-refractivity contribution in [1.82, 2.24) is 5.32 Å². The lowest BCUT2D eigenvalue weighted by atomic mass is 9.55. The van der Waals surface area contributed by atoms with Crippen molar-refractivity contribution >= 4 is 52.4 Å². The summed E-state index contributed by atoms with van der Waals surface area (Å²) in [6, 6.07) is 11.7. The molecule has 4 N–H and O–H groups in total. The fourth-order valence-corrected chi connectivity index (χ4v) is 7.56. The Balaban J connectivity index is 1.55. The zero-order valence-electron chi connectivity index (χ0n) is 21.6. The number of aromatic carboxylic acids is 1. The number of anilines is 2. The fraction of sp³-hybridized carbons (Fsp3) is 0.300. The Bertz CT molecular complexity index is 1610. The maximum atomic E-state index is 15.9. The molecule has 3 atom stereocenters. The van der Waals surface area contributed by atoms with Gasteiger partial charge >= 0.3 is 5.97 Å². The van der Waals surface area contributed by atoms with E-state index < -0.39 is 52.0 Å². The van der Waals surface area contributed by atoms with Gasteiger partial charge in [-0.15, -0.1) is 0 Å². The van der Waals surface area contributed by atoms with Crippen molar-refractivity contribution in [2.45, 2.75) is 55.0 Å². The van der Waals surface area contributed by atoms with E-state index in [2.05, 4.69) is 16.0 Å². The molecule has 0 radical (unpaired) electrons. The maximum Gasteiger partial charge on any atom is 0.338 e. The number of hydrogen-bond acceptors (Lipinski definition) is 4. The van der Waals surface area contributed by atoms with E-state index in [1.807, 2.05) is 0 Å². The molecule has 2 heterocycles. The van der Waals surface area contributed by atoms with Gasteiger partial charge in [0.2, 0.25) is 11.8 Å². The van der Waals surface area contributed by atoms with Crippen LogP contribution in [-0.4, -0.2) is 34.5 Å². The SMILES string of the molecule is O=C(O)c1ccc(NC(=O)[C@@H]2NC3(CCCCC3)C3(C(=O)Nc4cc(Cl)ccc43)[C@H]2c2cccc(Cl)c2F)cc1F. The third kappa shape index (κ3) is 4.13. The van der Waals surface area contributed by atoms with E-state index in [1.54, 1.807) is 24.3 Å². The first-order chi connectivity index (χ1) is 19.6. The molecule has 212 valence electrons. The van der Waals surface area contributed by atoms with Crippen LogP contribution in [0.2, 0.25) is 10.0 Å². The maximum absolute atomic E-state index is 15.9. The van der Waals surface area contributed by atoms with Gasteiger partial charge < -0.3 is 15.7 Å². The number of carbonyl (C=O) groups is 3. The van der Waals surface area contributed by atoms with Gasteiger partial charge in [-0.2, -0.15) is 0 Å². The zero-order chi connectivity index (χ0) is 29.1. The molecule has 2 fully saturated rings. The standard InChI is InChI=1S/C30H25Cl2F2N3O4/c31-15-7-10-19-22(13-15)36-28(41)30(19)23(18-5-4-6-20(32)24(18)34)25(37-29(30)11-2-1-3-12-29)26(38)35-16-8-9-17(27(39)40)21(33)14-16/h4-10,13-14,23,25,37H,1-3,11-12H2,(H,35,38)(H,36,41)(H,39,40)/t23-,25+,30?/m0/s1. The van der Waals surface area contributed by atoms with Gasteiger partial charge in [-0.3, -0.25) is 14.9 Å². The second kappa shape index (κ2) is 10.1. The van der Waals surface area contributed by atoms with E-state index in [0.717, 1.165) is 31.4 Å². The topological polar surface area (TPSA) is 108 Å². The molecule has 6 rings (SSSR count). The molecule has 3 aliphatic rings. The third-order valence-electron chi connectivity index (χ3n) is 8.77. The molecule has 1 unspecified atom stereocenters. The number of fused-ring (bicyclic) bond motifs is 3. The van der Waals surface area contributed by atoms with Gasteiger partial charge in [-0.25, -0.2) is 13.6 Å². The van der Waals surface area contributed by atoms with Crippen LogP contribution in [0.15, 0.2) is 54.6 Å². The quantitative estimate of drug-likeness (QED) is 0.283. The average molecular weight is 600 g/mol. The van der Waals surface area contributed by atoms with E-state index in [0.29, 0.717) is 29.1 Å². The third-order valence-corrected chi connectivity index (χ3v) is 9.30. The number of carbonyl (C=O) groups excluding carboxylic acids is 2. The molecule has 2 amide bonds. The Morgan fingerprint density at radius 2 is 1.76 bits per heavy atom. The van der Waals surface area contributed by atoms with E-state index in [-0.39, 0.29) is 22.2 Å². The van der Waals surface area contributed by atoms with Crippen molar-refractivity contribution < 1.29 is 28.3 Å². The minimum absolute atomic E-state index is 0.0197. The minimum atomic E-state index is -1.44. The van der Waals surface area contributed by atoms with Crippen molar-refractivity contribution in [3.8, 4) is 0 Å². The highest BCUT2D eigenvalue weighted by Crippen LogP contribution is 2.62. The monoisotopic (exact) mass is 599 g/mol. The van der Waals surface area contributed by atoms with Crippen LogP contribution < -0.4 is 16.0 Å². The lowest BCUT2D eigenvalue weighted by Crippen LogP contribution is -2.60. The van der Waals surface area contributed by atoms with Crippen LogP contribution in [0.4, 0.5) is 20.2 Å². The van der Waals surface area contributed by atoms with Crippen molar-refractivity contribution in [3.63, 3.8) is 0 Å². The first kappa shape index (κ1) is 27.6. The van der Waals surface area contributed by atoms with Crippen molar-refractivity contribution in [2.24, 2.45) is 0 Å². The summed E-state index contributed by atoms with van der Waals surface area (Å²) in [6.45, 7) is 0. The Morgan fingerprint density at radius 1 is 1.00 bits per heavy atom. The fourth-order valence-electron chi connectivity index (χ4n) is 7.20. The number of carboxylic acid groups (broad SMARTS) is 1. The molecule has 1 saturated carbocycles. The molecule has 7 nitrogen and oxygen atoms in total. The van der Waals surface area contributed by atoms with Gasteiger partial charge in [0.15, 0.2) is 0 Å². The number of amides is 2. The molecule has 0 aromatic heterocycles. The molecule has 3 aromatic carbocycles. The summed E-state index contributed by atoms with van der Waals surface area (Å²) < 4.78 is 30.4. The molecule has 0 bridgehead atoms. The molecule has 1 aliphatic carbocycles.